The van der Waals surface area contributed by atoms with Crippen molar-refractivity contribution in [1.29, 1.82) is 0 Å². The van der Waals surface area contributed by atoms with E-state index in [1.165, 1.54) is 17.5 Å². The number of likely N-dealkylation sites (tertiary alicyclic amines) is 1. The maximum Gasteiger partial charge on any atom is 0.228 e. The van der Waals surface area contributed by atoms with Gasteiger partial charge in [-0.3, -0.25) is 14.5 Å². The molecule has 2 amide bonds. The summed E-state index contributed by atoms with van der Waals surface area (Å²) in [6, 6.07) is 6.31. The number of rotatable bonds is 9. The van der Waals surface area contributed by atoms with Gasteiger partial charge < -0.3 is 20.3 Å². The van der Waals surface area contributed by atoms with Gasteiger partial charge in [0.15, 0.2) is 0 Å². The first kappa shape index (κ1) is 25.1. The van der Waals surface area contributed by atoms with Crippen LogP contribution in [0.3, 0.4) is 0 Å². The van der Waals surface area contributed by atoms with Crippen molar-refractivity contribution in [3.05, 3.63) is 29.3 Å². The van der Waals surface area contributed by atoms with Gasteiger partial charge in [0.2, 0.25) is 11.8 Å². The molecule has 0 saturated carbocycles. The minimum absolute atomic E-state index is 0.0384. The lowest BCUT2D eigenvalue weighted by Crippen LogP contribution is -2.50. The number of aryl methyl sites for hydroxylation is 2. The molecule has 34 heavy (non-hydrogen) atoms. The van der Waals surface area contributed by atoms with Crippen molar-refractivity contribution in [3.63, 3.8) is 0 Å². The molecule has 0 spiro atoms. The lowest BCUT2D eigenvalue weighted by Gasteiger charge is -2.37. The Balaban J connectivity index is 1.30. The molecule has 2 fully saturated rings. The number of ether oxygens (including phenoxy) is 1. The maximum absolute atomic E-state index is 13.2. The first-order chi connectivity index (χ1) is 16.5. The van der Waals surface area contributed by atoms with Gasteiger partial charge in [0.1, 0.15) is 0 Å². The summed E-state index contributed by atoms with van der Waals surface area (Å²) < 4.78 is 5.40. The molecule has 1 aliphatic carbocycles. The van der Waals surface area contributed by atoms with Gasteiger partial charge in [-0.05, 0) is 67.8 Å². The van der Waals surface area contributed by atoms with Crippen LogP contribution in [0.2, 0.25) is 0 Å². The molecule has 1 aromatic rings. The molecule has 0 bridgehead atoms. The number of fused-ring (bicyclic) bond motifs is 1. The Morgan fingerprint density at radius 1 is 1.03 bits per heavy atom. The molecule has 2 atom stereocenters. The van der Waals surface area contributed by atoms with Crippen molar-refractivity contribution >= 4 is 17.5 Å². The highest BCUT2D eigenvalue weighted by Crippen LogP contribution is 2.27. The molecule has 0 aromatic heterocycles. The summed E-state index contributed by atoms with van der Waals surface area (Å²) in [6.45, 7) is 12.0. The van der Waals surface area contributed by atoms with Gasteiger partial charge >= 0.3 is 0 Å². The zero-order valence-electron chi connectivity index (χ0n) is 21.0. The number of piperidine rings is 1. The minimum atomic E-state index is -0.176. The van der Waals surface area contributed by atoms with Gasteiger partial charge in [0.25, 0.3) is 0 Å². The molecule has 1 aromatic carbocycles. The van der Waals surface area contributed by atoms with E-state index in [1.807, 2.05) is 6.07 Å². The van der Waals surface area contributed by atoms with Gasteiger partial charge in [-0.1, -0.05) is 19.9 Å². The summed E-state index contributed by atoms with van der Waals surface area (Å²) in [7, 11) is 0. The monoisotopic (exact) mass is 470 g/mol. The Morgan fingerprint density at radius 2 is 1.76 bits per heavy atom. The molecular formula is C27H42N4O3. The second kappa shape index (κ2) is 12.1. The van der Waals surface area contributed by atoms with Crippen molar-refractivity contribution in [3.8, 4) is 0 Å². The Kier molecular flexibility index (Phi) is 8.98. The van der Waals surface area contributed by atoms with Crippen LogP contribution in [0.5, 0.6) is 0 Å². The van der Waals surface area contributed by atoms with E-state index in [2.05, 4.69) is 46.4 Å². The number of benzene rings is 1. The van der Waals surface area contributed by atoms with Crippen molar-refractivity contribution in [2.24, 2.45) is 17.8 Å². The molecule has 2 N–H and O–H groups in total. The van der Waals surface area contributed by atoms with E-state index in [4.69, 9.17) is 4.74 Å². The number of hydrogen-bond donors (Lipinski definition) is 2. The number of hydrogen-bond acceptors (Lipinski definition) is 5. The van der Waals surface area contributed by atoms with Gasteiger partial charge in [0, 0.05) is 45.0 Å². The fourth-order valence-corrected chi connectivity index (χ4v) is 5.61. The Morgan fingerprint density at radius 3 is 2.53 bits per heavy atom. The number of amides is 2. The quantitative estimate of drug-likeness (QED) is 0.543. The lowest BCUT2D eigenvalue weighted by atomic mass is 9.87. The SMILES string of the molecule is CC(C)CN1C[C@@H](C(=O)NCCCN2CCOCC2)C[C@@H](C(=O)Nc2ccc3c(c2)CCC3)C1. The first-order valence-electron chi connectivity index (χ1n) is 13.2. The van der Waals surface area contributed by atoms with Crippen LogP contribution in [0.15, 0.2) is 18.2 Å². The molecule has 2 heterocycles. The number of morpholine rings is 1. The van der Waals surface area contributed by atoms with Gasteiger partial charge in [-0.15, -0.1) is 0 Å². The summed E-state index contributed by atoms with van der Waals surface area (Å²) in [5.41, 5.74) is 3.65. The van der Waals surface area contributed by atoms with Crippen molar-refractivity contribution < 1.29 is 14.3 Å². The van der Waals surface area contributed by atoms with Crippen LogP contribution in [0.25, 0.3) is 0 Å². The third-order valence-electron chi connectivity index (χ3n) is 7.31. The zero-order chi connectivity index (χ0) is 23.9. The van der Waals surface area contributed by atoms with Crippen LogP contribution in [0, 0.1) is 17.8 Å². The third-order valence-corrected chi connectivity index (χ3v) is 7.31. The average molecular weight is 471 g/mol. The van der Waals surface area contributed by atoms with Gasteiger partial charge in [-0.2, -0.15) is 0 Å². The molecule has 3 aliphatic rings. The van der Waals surface area contributed by atoms with Crippen molar-refractivity contribution in [2.75, 3.05) is 64.3 Å². The molecule has 0 radical (unpaired) electrons. The van der Waals surface area contributed by atoms with Crippen LogP contribution >= 0.6 is 0 Å². The predicted octanol–water partition coefficient (Wildman–Crippen LogP) is 2.55. The third kappa shape index (κ3) is 7.03. The maximum atomic E-state index is 13.2. The number of carbonyl (C=O) groups is 2. The Bertz CT molecular complexity index is 837. The van der Waals surface area contributed by atoms with E-state index < -0.39 is 0 Å². The Labute approximate surface area is 204 Å². The largest absolute Gasteiger partial charge is 0.379 e. The van der Waals surface area contributed by atoms with Crippen LogP contribution in [0.1, 0.15) is 44.2 Å². The standard InChI is InChI=1S/C27H42N4O3/c1-20(2)17-31-18-23(26(32)28-9-4-10-30-11-13-34-14-12-30)15-24(19-31)27(33)29-25-8-7-21-5-3-6-22(21)16-25/h7-8,16,20,23-24H,3-6,9-15,17-19H2,1-2H3,(H,28,32)(H,29,33)/t23-,24+/m0/s1. The normalized spacial score (nSPS) is 23.6. The van der Waals surface area contributed by atoms with E-state index >= 15 is 0 Å². The Hall–Kier alpha value is -1.96. The summed E-state index contributed by atoms with van der Waals surface area (Å²) in [5.74, 6) is 0.301. The fourth-order valence-electron chi connectivity index (χ4n) is 5.61. The lowest BCUT2D eigenvalue weighted by molar-refractivity contribution is -0.130. The second-order valence-electron chi connectivity index (χ2n) is 10.7. The number of carbonyl (C=O) groups excluding carboxylic acids is 2. The fraction of sp³-hybridized carbons (Fsp3) is 0.704. The molecule has 4 rings (SSSR count). The number of nitrogens with zero attached hydrogens (tertiary/aromatic N) is 2. The molecule has 188 valence electrons. The van der Waals surface area contributed by atoms with Crippen molar-refractivity contribution in [1.82, 2.24) is 15.1 Å². The second-order valence-corrected chi connectivity index (χ2v) is 10.7. The van der Waals surface area contributed by atoms with Crippen LogP contribution < -0.4 is 10.6 Å². The topological polar surface area (TPSA) is 73.9 Å². The van der Waals surface area contributed by atoms with E-state index in [0.29, 0.717) is 18.9 Å². The number of anilines is 1. The van der Waals surface area contributed by atoms with Crippen LogP contribution in [-0.2, 0) is 27.2 Å². The van der Waals surface area contributed by atoms with E-state index in [1.54, 1.807) is 0 Å². The average Bonchev–Trinajstić information content (AvgIpc) is 3.29. The molecular weight excluding hydrogens is 428 g/mol. The van der Waals surface area contributed by atoms with Crippen LogP contribution in [0.4, 0.5) is 5.69 Å². The highest BCUT2D eigenvalue weighted by Gasteiger charge is 2.35. The summed E-state index contributed by atoms with van der Waals surface area (Å²) in [4.78, 5) is 30.9. The molecule has 7 nitrogen and oxygen atoms in total. The molecule has 0 unspecified atom stereocenters. The molecule has 2 saturated heterocycles. The zero-order valence-corrected chi connectivity index (χ0v) is 21.0. The van der Waals surface area contributed by atoms with Crippen molar-refractivity contribution in [2.45, 2.75) is 46.0 Å². The minimum Gasteiger partial charge on any atom is -0.379 e. The van der Waals surface area contributed by atoms with Crippen LogP contribution in [-0.4, -0.2) is 80.6 Å². The highest BCUT2D eigenvalue weighted by atomic mass is 16.5. The van der Waals surface area contributed by atoms with Gasteiger partial charge in [-0.25, -0.2) is 0 Å². The summed E-state index contributed by atoms with van der Waals surface area (Å²) in [6.07, 6.45) is 4.98. The predicted molar refractivity (Wildman–Crippen MR) is 135 cm³/mol. The molecule has 7 heteroatoms. The summed E-state index contributed by atoms with van der Waals surface area (Å²) >= 11 is 0. The van der Waals surface area contributed by atoms with E-state index in [9.17, 15) is 9.59 Å². The first-order valence-corrected chi connectivity index (χ1v) is 13.2. The number of nitrogens with one attached hydrogen (secondary N) is 2. The summed E-state index contributed by atoms with van der Waals surface area (Å²) in [5, 5.41) is 6.30. The smallest absolute Gasteiger partial charge is 0.228 e. The van der Waals surface area contributed by atoms with E-state index in [-0.39, 0.29) is 23.7 Å². The molecule has 2 aliphatic heterocycles. The highest BCUT2D eigenvalue weighted by molar-refractivity contribution is 5.93. The van der Waals surface area contributed by atoms with Gasteiger partial charge in [0.05, 0.1) is 25.0 Å². The van der Waals surface area contributed by atoms with E-state index in [0.717, 1.165) is 77.4 Å².